The number of hydrogen-bond acceptors (Lipinski definition) is 7. The summed E-state index contributed by atoms with van der Waals surface area (Å²) in [7, 11) is 0. The topological polar surface area (TPSA) is 98.5 Å². The van der Waals surface area contributed by atoms with Gasteiger partial charge >= 0.3 is 5.97 Å². The number of nitrogens with zero attached hydrogens (tertiary/aromatic N) is 4. The Kier molecular flexibility index (Phi) is 8.37. The minimum absolute atomic E-state index is 0.0851. The van der Waals surface area contributed by atoms with E-state index in [1.807, 2.05) is 47.9 Å². The highest BCUT2D eigenvalue weighted by molar-refractivity contribution is 7.99. The first-order valence-corrected chi connectivity index (χ1v) is 12.7. The summed E-state index contributed by atoms with van der Waals surface area (Å²) in [5.74, 6) is 0.515. The van der Waals surface area contributed by atoms with Crippen LogP contribution in [0.5, 0.6) is 5.75 Å². The second-order valence-electron chi connectivity index (χ2n) is 8.12. The third-order valence-corrected chi connectivity index (χ3v) is 6.42. The first-order valence-electron chi connectivity index (χ1n) is 11.3. The van der Waals surface area contributed by atoms with E-state index in [0.29, 0.717) is 27.5 Å². The van der Waals surface area contributed by atoms with Crippen LogP contribution < -0.4 is 10.2 Å². The summed E-state index contributed by atoms with van der Waals surface area (Å²) in [5, 5.41) is 14.1. The zero-order valence-corrected chi connectivity index (χ0v) is 22.0. The molecule has 1 aromatic heterocycles. The van der Waals surface area contributed by atoms with Crippen LogP contribution in [-0.2, 0) is 9.59 Å². The molecule has 1 amide bonds. The number of thioether (sulfide) groups is 1. The summed E-state index contributed by atoms with van der Waals surface area (Å²) in [6.45, 7) is 5.14. The highest BCUT2D eigenvalue weighted by Crippen LogP contribution is 2.28. The number of rotatable bonds is 8. The fraction of sp³-hybridized carbons (Fsp3) is 0.148. The molecule has 0 fully saturated rings. The van der Waals surface area contributed by atoms with Crippen LogP contribution in [0.1, 0.15) is 25.0 Å². The Morgan fingerprint density at radius 2 is 1.65 bits per heavy atom. The summed E-state index contributed by atoms with van der Waals surface area (Å²) in [5.41, 5.74) is 6.85. The fourth-order valence-corrected chi connectivity index (χ4v) is 4.25. The first kappa shape index (κ1) is 26.1. The largest absolute Gasteiger partial charge is 0.427 e. The number of carbonyl (C=O) groups is 2. The number of aryl methyl sites for hydroxylation is 1. The molecule has 4 rings (SSSR count). The molecule has 0 saturated heterocycles. The van der Waals surface area contributed by atoms with E-state index in [4.69, 9.17) is 16.3 Å². The van der Waals surface area contributed by atoms with Crippen LogP contribution in [0.15, 0.2) is 83.1 Å². The van der Waals surface area contributed by atoms with Gasteiger partial charge in [-0.1, -0.05) is 53.2 Å². The van der Waals surface area contributed by atoms with Gasteiger partial charge in [-0.3, -0.25) is 14.2 Å². The van der Waals surface area contributed by atoms with Crippen molar-refractivity contribution in [3.05, 3.63) is 88.9 Å². The average molecular weight is 534 g/mol. The zero-order chi connectivity index (χ0) is 26.4. The van der Waals surface area contributed by atoms with Crippen LogP contribution in [0.3, 0.4) is 0 Å². The van der Waals surface area contributed by atoms with Crippen LogP contribution in [0.2, 0.25) is 5.02 Å². The molecule has 0 radical (unpaired) electrons. The maximum Gasteiger partial charge on any atom is 0.308 e. The molecule has 0 bridgehead atoms. The van der Waals surface area contributed by atoms with Crippen molar-refractivity contribution < 1.29 is 14.3 Å². The average Bonchev–Trinajstić information content (AvgIpc) is 3.31. The van der Waals surface area contributed by atoms with Crippen molar-refractivity contribution in [1.29, 1.82) is 0 Å². The second kappa shape index (κ2) is 11.9. The van der Waals surface area contributed by atoms with Gasteiger partial charge in [0.2, 0.25) is 0 Å². The quantitative estimate of drug-likeness (QED) is 0.106. The molecular weight excluding hydrogens is 510 g/mol. The predicted molar refractivity (Wildman–Crippen MR) is 145 cm³/mol. The number of esters is 1. The van der Waals surface area contributed by atoms with Gasteiger partial charge in [0.15, 0.2) is 11.0 Å². The molecule has 0 saturated carbocycles. The molecule has 0 aliphatic rings. The molecule has 10 heteroatoms. The Labute approximate surface area is 223 Å². The monoisotopic (exact) mass is 533 g/mol. The highest BCUT2D eigenvalue weighted by atomic mass is 35.5. The van der Waals surface area contributed by atoms with E-state index in [1.165, 1.54) is 18.7 Å². The highest BCUT2D eigenvalue weighted by Gasteiger charge is 2.17. The van der Waals surface area contributed by atoms with Gasteiger partial charge in [0.05, 0.1) is 11.5 Å². The number of halogens is 1. The molecule has 3 aromatic carbocycles. The summed E-state index contributed by atoms with van der Waals surface area (Å²) < 4.78 is 6.93. The van der Waals surface area contributed by atoms with Gasteiger partial charge in [0.25, 0.3) is 5.91 Å². The molecule has 0 aliphatic heterocycles. The summed E-state index contributed by atoms with van der Waals surface area (Å²) >= 11 is 7.35. The van der Waals surface area contributed by atoms with E-state index in [0.717, 1.165) is 22.4 Å². The maximum absolute atomic E-state index is 12.6. The van der Waals surface area contributed by atoms with Gasteiger partial charge in [-0.15, -0.1) is 10.2 Å². The standard InChI is InChI=1S/C27H24ClN5O3S/c1-17-4-6-21(7-5-17)26-31-32-27(33(26)23-12-10-22(28)11-13-23)37-16-25(35)30-29-18(2)20-8-14-24(15-9-20)36-19(3)34/h4-15H,16H2,1-3H3,(H,30,35). The Morgan fingerprint density at radius 3 is 2.30 bits per heavy atom. The Morgan fingerprint density at radius 1 is 0.973 bits per heavy atom. The summed E-state index contributed by atoms with van der Waals surface area (Å²) in [4.78, 5) is 23.6. The van der Waals surface area contributed by atoms with Gasteiger partial charge in [-0.2, -0.15) is 5.10 Å². The number of aromatic nitrogens is 3. The van der Waals surface area contributed by atoms with Gasteiger partial charge < -0.3 is 4.74 Å². The van der Waals surface area contributed by atoms with Crippen molar-refractivity contribution in [3.63, 3.8) is 0 Å². The zero-order valence-electron chi connectivity index (χ0n) is 20.4. The molecule has 1 N–H and O–H groups in total. The van der Waals surface area contributed by atoms with E-state index in [1.54, 1.807) is 43.3 Å². The van der Waals surface area contributed by atoms with Crippen molar-refractivity contribution in [1.82, 2.24) is 20.2 Å². The van der Waals surface area contributed by atoms with Crippen LogP contribution in [0.25, 0.3) is 17.1 Å². The number of ether oxygens (including phenoxy) is 1. The Bertz CT molecular complexity index is 1430. The minimum Gasteiger partial charge on any atom is -0.427 e. The maximum atomic E-state index is 12.6. The molecular formula is C27H24ClN5O3S. The molecule has 8 nitrogen and oxygen atoms in total. The van der Waals surface area contributed by atoms with Crippen LogP contribution >= 0.6 is 23.4 Å². The summed E-state index contributed by atoms with van der Waals surface area (Å²) in [6, 6.07) is 22.2. The van der Waals surface area contributed by atoms with Gasteiger partial charge in [0.1, 0.15) is 5.75 Å². The third kappa shape index (κ3) is 6.84. The van der Waals surface area contributed by atoms with E-state index >= 15 is 0 Å². The fourth-order valence-electron chi connectivity index (χ4n) is 3.38. The van der Waals surface area contributed by atoms with Crippen LogP contribution in [0, 0.1) is 6.92 Å². The van der Waals surface area contributed by atoms with E-state index in [9.17, 15) is 9.59 Å². The molecule has 0 spiro atoms. The molecule has 1 heterocycles. The molecule has 188 valence electrons. The van der Waals surface area contributed by atoms with E-state index in [-0.39, 0.29) is 17.6 Å². The summed E-state index contributed by atoms with van der Waals surface area (Å²) in [6.07, 6.45) is 0. The van der Waals surface area contributed by atoms with Crippen molar-refractivity contribution in [3.8, 4) is 22.8 Å². The van der Waals surface area contributed by atoms with E-state index in [2.05, 4.69) is 20.7 Å². The van der Waals surface area contributed by atoms with Crippen LogP contribution in [0.4, 0.5) is 0 Å². The Hall–Kier alpha value is -3.95. The minimum atomic E-state index is -0.388. The van der Waals surface area contributed by atoms with Gasteiger partial charge in [-0.05, 0) is 67.9 Å². The second-order valence-corrected chi connectivity index (χ2v) is 9.50. The van der Waals surface area contributed by atoms with Crippen LogP contribution in [-0.4, -0.2) is 38.1 Å². The van der Waals surface area contributed by atoms with Crippen molar-refractivity contribution in [2.24, 2.45) is 5.10 Å². The lowest BCUT2D eigenvalue weighted by Gasteiger charge is -2.10. The van der Waals surface area contributed by atoms with Crippen molar-refractivity contribution in [2.45, 2.75) is 25.9 Å². The SMILES string of the molecule is CC(=O)Oc1ccc(C(C)=NNC(=O)CSc2nnc(-c3ccc(C)cc3)n2-c2ccc(Cl)cc2)cc1. The lowest BCUT2D eigenvalue weighted by molar-refractivity contribution is -0.131. The van der Waals surface area contributed by atoms with Gasteiger partial charge in [0, 0.05) is 23.2 Å². The smallest absolute Gasteiger partial charge is 0.308 e. The van der Waals surface area contributed by atoms with E-state index < -0.39 is 0 Å². The Balaban J connectivity index is 1.47. The molecule has 0 atom stereocenters. The van der Waals surface area contributed by atoms with Crippen molar-refractivity contribution >= 4 is 41.0 Å². The number of hydrazone groups is 1. The molecule has 37 heavy (non-hydrogen) atoms. The number of benzene rings is 3. The lowest BCUT2D eigenvalue weighted by Crippen LogP contribution is -2.21. The predicted octanol–water partition coefficient (Wildman–Crippen LogP) is 5.45. The number of nitrogens with one attached hydrogen (secondary N) is 1. The normalized spacial score (nSPS) is 11.3. The number of hydrogen-bond donors (Lipinski definition) is 1. The lowest BCUT2D eigenvalue weighted by atomic mass is 10.1. The number of carbonyl (C=O) groups excluding carboxylic acids is 2. The third-order valence-electron chi connectivity index (χ3n) is 5.24. The first-order chi connectivity index (χ1) is 17.8. The molecule has 0 aliphatic carbocycles. The van der Waals surface area contributed by atoms with Crippen molar-refractivity contribution in [2.75, 3.05) is 5.75 Å². The molecule has 0 unspecified atom stereocenters. The van der Waals surface area contributed by atoms with Gasteiger partial charge in [-0.25, -0.2) is 5.43 Å². The molecule has 4 aromatic rings. The number of amides is 1.